The minimum Gasteiger partial charge on any atom is -0.475 e. The molecule has 35 heavy (non-hydrogen) atoms. The predicted molar refractivity (Wildman–Crippen MR) is 127 cm³/mol. The average molecular weight is 488 g/mol. The Morgan fingerprint density at radius 1 is 1.06 bits per heavy atom. The minimum absolute atomic E-state index is 0.0474. The highest BCUT2D eigenvalue weighted by Crippen LogP contribution is 2.34. The minimum atomic E-state index is -5.08. The van der Waals surface area contributed by atoms with Crippen LogP contribution in [0.4, 0.5) is 19.0 Å². The zero-order valence-corrected chi connectivity index (χ0v) is 20.0. The van der Waals surface area contributed by atoms with Crippen LogP contribution in [0.25, 0.3) is 11.4 Å². The van der Waals surface area contributed by atoms with Crippen LogP contribution in [0.15, 0.2) is 48.8 Å². The summed E-state index contributed by atoms with van der Waals surface area (Å²) in [6.07, 6.45) is 0.558. The molecule has 2 aromatic heterocycles. The first-order chi connectivity index (χ1) is 16.4. The molecule has 2 heterocycles. The van der Waals surface area contributed by atoms with Gasteiger partial charge in [0.15, 0.2) is 5.82 Å². The fourth-order valence-corrected chi connectivity index (χ4v) is 3.95. The number of rotatable bonds is 5. The third kappa shape index (κ3) is 6.13. The van der Waals surface area contributed by atoms with Crippen molar-refractivity contribution in [1.82, 2.24) is 19.9 Å². The number of nitrogens with zero attached hydrogens (tertiary/aromatic N) is 4. The van der Waals surface area contributed by atoms with Crippen molar-refractivity contribution >= 4 is 11.8 Å². The summed E-state index contributed by atoms with van der Waals surface area (Å²) < 4.78 is 31.7. The standard InChI is InChI=1S/C23H27N5.C2HF3O2/c1-16-17(2)26-22(18-9-11-24-12-10-18)27-21(16)25-15-23(28(3)4)13-19-7-5-6-8-20(19)14-23;3-2(4,5)1(6)7/h5-12H,13-15H2,1-4H3,(H,25,26,27);(H,6,7). The van der Waals surface area contributed by atoms with E-state index in [0.717, 1.165) is 47.8 Å². The molecule has 7 nitrogen and oxygen atoms in total. The molecule has 4 rings (SSSR count). The average Bonchev–Trinajstić information content (AvgIpc) is 3.20. The van der Waals surface area contributed by atoms with Crippen molar-refractivity contribution < 1.29 is 23.1 Å². The van der Waals surface area contributed by atoms with Crippen molar-refractivity contribution in [2.75, 3.05) is 26.0 Å². The van der Waals surface area contributed by atoms with Crippen LogP contribution in [-0.4, -0.2) is 63.3 Å². The number of alkyl halides is 3. The van der Waals surface area contributed by atoms with E-state index in [-0.39, 0.29) is 5.54 Å². The van der Waals surface area contributed by atoms with Crippen LogP contribution in [0.1, 0.15) is 22.4 Å². The van der Waals surface area contributed by atoms with Gasteiger partial charge in [0.25, 0.3) is 0 Å². The lowest BCUT2D eigenvalue weighted by atomic mass is 9.94. The smallest absolute Gasteiger partial charge is 0.475 e. The molecule has 0 fully saturated rings. The Balaban J connectivity index is 0.000000429. The Morgan fingerprint density at radius 2 is 1.60 bits per heavy atom. The van der Waals surface area contributed by atoms with Crippen LogP contribution in [-0.2, 0) is 17.6 Å². The van der Waals surface area contributed by atoms with Gasteiger partial charge < -0.3 is 15.3 Å². The number of aryl methyl sites for hydroxylation is 1. The number of hydrogen-bond donors (Lipinski definition) is 2. The number of pyridine rings is 1. The number of aromatic nitrogens is 3. The Hall–Kier alpha value is -3.53. The summed E-state index contributed by atoms with van der Waals surface area (Å²) in [5, 5.41) is 10.8. The van der Waals surface area contributed by atoms with E-state index < -0.39 is 12.1 Å². The summed E-state index contributed by atoms with van der Waals surface area (Å²) in [6, 6.07) is 12.7. The predicted octanol–water partition coefficient (Wildman–Crippen LogP) is 4.30. The highest BCUT2D eigenvalue weighted by molar-refractivity contribution is 5.73. The first-order valence-electron chi connectivity index (χ1n) is 11.0. The van der Waals surface area contributed by atoms with E-state index in [4.69, 9.17) is 14.9 Å². The lowest BCUT2D eigenvalue weighted by molar-refractivity contribution is -0.192. The van der Waals surface area contributed by atoms with Crippen molar-refractivity contribution in [3.8, 4) is 11.4 Å². The molecular formula is C25H28F3N5O2. The molecule has 0 saturated heterocycles. The van der Waals surface area contributed by atoms with Gasteiger partial charge in [-0.1, -0.05) is 24.3 Å². The summed E-state index contributed by atoms with van der Waals surface area (Å²) in [5.74, 6) is -1.11. The van der Waals surface area contributed by atoms with Gasteiger partial charge in [0.2, 0.25) is 0 Å². The van der Waals surface area contributed by atoms with E-state index in [1.54, 1.807) is 12.4 Å². The van der Waals surface area contributed by atoms with Crippen molar-refractivity contribution in [2.45, 2.75) is 38.4 Å². The summed E-state index contributed by atoms with van der Waals surface area (Å²) in [7, 11) is 4.35. The number of halogens is 3. The summed E-state index contributed by atoms with van der Waals surface area (Å²) >= 11 is 0. The fourth-order valence-electron chi connectivity index (χ4n) is 3.95. The lowest BCUT2D eigenvalue weighted by Gasteiger charge is -2.37. The zero-order chi connectivity index (χ0) is 25.8. The van der Waals surface area contributed by atoms with Crippen LogP contribution in [0.3, 0.4) is 0 Å². The zero-order valence-electron chi connectivity index (χ0n) is 20.0. The Labute approximate surface area is 202 Å². The molecule has 1 aliphatic rings. The van der Waals surface area contributed by atoms with Gasteiger partial charge in [-0.05, 0) is 64.0 Å². The Kier molecular flexibility index (Phi) is 7.74. The van der Waals surface area contributed by atoms with E-state index >= 15 is 0 Å². The van der Waals surface area contributed by atoms with E-state index in [1.165, 1.54) is 11.1 Å². The van der Waals surface area contributed by atoms with Crippen LogP contribution in [0.2, 0.25) is 0 Å². The van der Waals surface area contributed by atoms with Gasteiger partial charge in [0, 0.05) is 41.3 Å². The van der Waals surface area contributed by atoms with Crippen molar-refractivity contribution in [1.29, 1.82) is 0 Å². The Bertz CT molecular complexity index is 1160. The number of benzene rings is 1. The van der Waals surface area contributed by atoms with Crippen LogP contribution in [0.5, 0.6) is 0 Å². The van der Waals surface area contributed by atoms with Gasteiger partial charge >= 0.3 is 12.1 Å². The monoisotopic (exact) mass is 487 g/mol. The number of fused-ring (bicyclic) bond motifs is 1. The molecule has 0 unspecified atom stereocenters. The first-order valence-corrected chi connectivity index (χ1v) is 11.0. The first kappa shape index (κ1) is 26.1. The molecule has 0 bridgehead atoms. The Morgan fingerprint density at radius 3 is 2.09 bits per heavy atom. The van der Waals surface area contributed by atoms with Crippen LogP contribution >= 0.6 is 0 Å². The maximum absolute atomic E-state index is 10.6. The van der Waals surface area contributed by atoms with Crippen LogP contribution < -0.4 is 5.32 Å². The van der Waals surface area contributed by atoms with Gasteiger partial charge in [-0.3, -0.25) is 4.98 Å². The number of nitrogens with one attached hydrogen (secondary N) is 1. The van der Waals surface area contributed by atoms with Gasteiger partial charge in [-0.25, -0.2) is 14.8 Å². The highest BCUT2D eigenvalue weighted by Gasteiger charge is 2.39. The van der Waals surface area contributed by atoms with Crippen LogP contribution in [0, 0.1) is 13.8 Å². The van der Waals surface area contributed by atoms with Crippen molar-refractivity contribution in [3.63, 3.8) is 0 Å². The second-order valence-corrected chi connectivity index (χ2v) is 8.74. The van der Waals surface area contributed by atoms with Gasteiger partial charge in [-0.2, -0.15) is 13.2 Å². The molecule has 0 atom stereocenters. The van der Waals surface area contributed by atoms with E-state index in [1.807, 2.05) is 19.1 Å². The van der Waals surface area contributed by atoms with Gasteiger partial charge in [0.1, 0.15) is 5.82 Å². The number of anilines is 1. The second kappa shape index (κ2) is 10.4. The largest absolute Gasteiger partial charge is 0.490 e. The maximum atomic E-state index is 10.6. The SMILES string of the molecule is Cc1nc(-c2ccncc2)nc(NCC2(N(C)C)Cc3ccccc3C2)c1C.O=C(O)C(F)(F)F. The lowest BCUT2D eigenvalue weighted by Crippen LogP contribution is -2.50. The summed E-state index contributed by atoms with van der Waals surface area (Å²) in [6.45, 7) is 4.96. The molecule has 186 valence electrons. The number of carboxylic acid groups (broad SMARTS) is 1. The molecule has 2 N–H and O–H groups in total. The van der Waals surface area contributed by atoms with Gasteiger partial charge in [-0.15, -0.1) is 0 Å². The third-order valence-electron chi connectivity index (χ3n) is 6.26. The van der Waals surface area contributed by atoms with Crippen molar-refractivity contribution in [2.24, 2.45) is 0 Å². The molecule has 3 aromatic rings. The highest BCUT2D eigenvalue weighted by atomic mass is 19.4. The summed E-state index contributed by atoms with van der Waals surface area (Å²) in [4.78, 5) is 24.9. The number of likely N-dealkylation sites (N-methyl/N-ethyl adjacent to an activating group) is 1. The normalized spacial score (nSPS) is 14.2. The van der Waals surface area contributed by atoms with E-state index in [9.17, 15) is 13.2 Å². The fraction of sp³-hybridized carbons (Fsp3) is 0.360. The molecule has 10 heteroatoms. The molecule has 0 aliphatic heterocycles. The number of aliphatic carboxylic acids is 1. The number of carbonyl (C=O) groups is 1. The molecule has 0 saturated carbocycles. The number of carboxylic acids is 1. The van der Waals surface area contributed by atoms with Gasteiger partial charge in [0.05, 0.1) is 0 Å². The van der Waals surface area contributed by atoms with E-state index in [2.05, 4.69) is 65.5 Å². The van der Waals surface area contributed by atoms with E-state index in [0.29, 0.717) is 0 Å². The molecular weight excluding hydrogens is 459 g/mol. The summed E-state index contributed by atoms with van der Waals surface area (Å²) in [5.41, 5.74) is 6.03. The molecule has 0 spiro atoms. The maximum Gasteiger partial charge on any atom is 0.490 e. The number of hydrogen-bond acceptors (Lipinski definition) is 6. The van der Waals surface area contributed by atoms with Crippen molar-refractivity contribution in [3.05, 3.63) is 71.2 Å². The molecule has 1 aromatic carbocycles. The molecule has 0 amide bonds. The quantitative estimate of drug-likeness (QED) is 0.555. The molecule has 0 radical (unpaired) electrons. The third-order valence-corrected chi connectivity index (χ3v) is 6.26. The molecule has 1 aliphatic carbocycles. The second-order valence-electron chi connectivity index (χ2n) is 8.74. The topological polar surface area (TPSA) is 91.2 Å².